The second-order valence-corrected chi connectivity index (χ2v) is 8.50. The molecule has 174 valence electrons. The summed E-state index contributed by atoms with van der Waals surface area (Å²) in [5.74, 6) is -0.590. The van der Waals surface area contributed by atoms with Gasteiger partial charge in [-0.15, -0.1) is 0 Å². The Morgan fingerprint density at radius 1 is 1.25 bits per heavy atom. The lowest BCUT2D eigenvalue weighted by Gasteiger charge is -2.15. The van der Waals surface area contributed by atoms with Gasteiger partial charge < -0.3 is 14.2 Å². The van der Waals surface area contributed by atoms with Gasteiger partial charge in [-0.05, 0) is 12.1 Å². The molecule has 32 heavy (non-hydrogen) atoms. The molecule has 0 saturated heterocycles. The standard InChI is InChI=1S/C19H19ClF3N3O5S/c1-29-7-8-30-15-4-3-13(12-32(27,28)26-6-2-5-24)17(10-15)31-18-16(20)9-14(11-25-18)19(21,22)23/h3-4,9-11,26H,2,6-8,12H2,1H3. The highest BCUT2D eigenvalue weighted by Crippen LogP contribution is 2.36. The van der Waals surface area contributed by atoms with Crippen molar-refractivity contribution in [2.24, 2.45) is 0 Å². The number of aromatic nitrogens is 1. The summed E-state index contributed by atoms with van der Waals surface area (Å²) in [6.07, 6.45) is -4.10. The molecule has 0 aliphatic heterocycles. The predicted molar refractivity (Wildman–Crippen MR) is 109 cm³/mol. The van der Waals surface area contributed by atoms with Crippen LogP contribution in [0.25, 0.3) is 0 Å². The summed E-state index contributed by atoms with van der Waals surface area (Å²) in [5, 5.41) is 8.15. The van der Waals surface area contributed by atoms with E-state index in [9.17, 15) is 21.6 Å². The third-order valence-electron chi connectivity index (χ3n) is 3.84. The minimum Gasteiger partial charge on any atom is -0.491 e. The number of rotatable bonds is 11. The fraction of sp³-hybridized carbons (Fsp3) is 0.368. The zero-order chi connectivity index (χ0) is 23.8. The van der Waals surface area contributed by atoms with Crippen LogP contribution in [0, 0.1) is 11.3 Å². The number of hydrogen-bond donors (Lipinski definition) is 1. The van der Waals surface area contributed by atoms with Gasteiger partial charge >= 0.3 is 6.18 Å². The van der Waals surface area contributed by atoms with E-state index < -0.39 is 32.5 Å². The highest BCUT2D eigenvalue weighted by molar-refractivity contribution is 7.88. The lowest BCUT2D eigenvalue weighted by molar-refractivity contribution is -0.137. The van der Waals surface area contributed by atoms with Crippen LogP contribution in [0.2, 0.25) is 5.02 Å². The van der Waals surface area contributed by atoms with Gasteiger partial charge in [-0.1, -0.05) is 17.7 Å². The summed E-state index contributed by atoms with van der Waals surface area (Å²) in [5.41, 5.74) is -0.887. The lowest BCUT2D eigenvalue weighted by atomic mass is 10.2. The van der Waals surface area contributed by atoms with Crippen LogP contribution in [-0.4, -0.2) is 40.3 Å². The fourth-order valence-corrected chi connectivity index (χ4v) is 3.73. The van der Waals surface area contributed by atoms with E-state index in [-0.39, 0.29) is 36.8 Å². The van der Waals surface area contributed by atoms with Gasteiger partial charge in [0, 0.05) is 37.9 Å². The van der Waals surface area contributed by atoms with Gasteiger partial charge in [0.05, 0.1) is 24.0 Å². The molecule has 0 unspecified atom stereocenters. The molecule has 0 bridgehead atoms. The normalized spacial score (nSPS) is 11.8. The Balaban J connectivity index is 2.34. The topological polar surface area (TPSA) is 111 Å². The molecule has 1 N–H and O–H groups in total. The summed E-state index contributed by atoms with van der Waals surface area (Å²) < 4.78 is 81.3. The number of hydrogen-bond acceptors (Lipinski definition) is 7. The van der Waals surface area contributed by atoms with Crippen LogP contribution >= 0.6 is 11.6 Å². The summed E-state index contributed by atoms with van der Waals surface area (Å²) >= 11 is 5.90. The van der Waals surface area contributed by atoms with E-state index in [2.05, 4.69) is 9.71 Å². The minimum atomic E-state index is -4.64. The van der Waals surface area contributed by atoms with Gasteiger partial charge in [0.1, 0.15) is 23.1 Å². The molecule has 1 aromatic heterocycles. The van der Waals surface area contributed by atoms with Crippen LogP contribution in [0.15, 0.2) is 30.5 Å². The van der Waals surface area contributed by atoms with Crippen LogP contribution in [0.5, 0.6) is 17.4 Å². The summed E-state index contributed by atoms with van der Waals surface area (Å²) in [6, 6.07) is 6.78. The lowest BCUT2D eigenvalue weighted by Crippen LogP contribution is -2.26. The molecule has 0 atom stereocenters. The highest BCUT2D eigenvalue weighted by Gasteiger charge is 2.32. The van der Waals surface area contributed by atoms with E-state index in [1.807, 2.05) is 6.07 Å². The minimum absolute atomic E-state index is 0.0139. The number of nitrogens with one attached hydrogen (secondary N) is 1. The van der Waals surface area contributed by atoms with Crippen LogP contribution in [0.4, 0.5) is 13.2 Å². The predicted octanol–water partition coefficient (Wildman–Crippen LogP) is 3.90. The number of sulfonamides is 1. The third kappa shape index (κ3) is 7.83. The zero-order valence-corrected chi connectivity index (χ0v) is 18.4. The first-order valence-electron chi connectivity index (χ1n) is 9.05. The summed E-state index contributed by atoms with van der Waals surface area (Å²) in [7, 11) is -2.35. The number of pyridine rings is 1. The number of benzene rings is 1. The monoisotopic (exact) mass is 493 g/mol. The van der Waals surface area contributed by atoms with E-state index in [0.29, 0.717) is 24.6 Å². The Morgan fingerprint density at radius 3 is 2.62 bits per heavy atom. The molecular formula is C19H19ClF3N3O5S. The average molecular weight is 494 g/mol. The maximum Gasteiger partial charge on any atom is 0.417 e. The number of alkyl halides is 3. The van der Waals surface area contributed by atoms with Crippen molar-refractivity contribution in [2.75, 3.05) is 26.9 Å². The molecule has 0 saturated carbocycles. The van der Waals surface area contributed by atoms with E-state index in [0.717, 1.165) is 0 Å². The molecule has 1 heterocycles. The first-order chi connectivity index (χ1) is 15.1. The van der Waals surface area contributed by atoms with Gasteiger partial charge in [0.25, 0.3) is 0 Å². The Morgan fingerprint density at radius 2 is 2.00 bits per heavy atom. The van der Waals surface area contributed by atoms with Gasteiger partial charge in [-0.3, -0.25) is 0 Å². The largest absolute Gasteiger partial charge is 0.491 e. The van der Waals surface area contributed by atoms with Gasteiger partial charge in [0.15, 0.2) is 0 Å². The number of methoxy groups -OCH3 is 1. The quantitative estimate of drug-likeness (QED) is 0.472. The highest BCUT2D eigenvalue weighted by atomic mass is 35.5. The van der Waals surface area contributed by atoms with E-state index >= 15 is 0 Å². The third-order valence-corrected chi connectivity index (χ3v) is 5.45. The maximum atomic E-state index is 12.8. The molecule has 2 aromatic rings. The molecule has 0 radical (unpaired) electrons. The van der Waals surface area contributed by atoms with E-state index in [1.54, 1.807) is 0 Å². The Kier molecular flexibility index (Phi) is 9.09. The van der Waals surface area contributed by atoms with Crippen LogP contribution in [-0.2, 0) is 26.7 Å². The molecule has 0 aliphatic rings. The van der Waals surface area contributed by atoms with Gasteiger partial charge in [-0.25, -0.2) is 18.1 Å². The molecule has 0 amide bonds. The Bertz CT molecular complexity index is 1070. The number of nitrogens with zero attached hydrogens (tertiary/aromatic N) is 2. The summed E-state index contributed by atoms with van der Waals surface area (Å²) in [4.78, 5) is 3.61. The van der Waals surface area contributed by atoms with Crippen molar-refractivity contribution in [2.45, 2.75) is 18.3 Å². The van der Waals surface area contributed by atoms with Gasteiger partial charge in [-0.2, -0.15) is 18.4 Å². The van der Waals surface area contributed by atoms with Crippen molar-refractivity contribution >= 4 is 21.6 Å². The maximum absolute atomic E-state index is 12.8. The molecule has 2 rings (SSSR count). The smallest absolute Gasteiger partial charge is 0.417 e. The Hall–Kier alpha value is -2.59. The van der Waals surface area contributed by atoms with Crippen molar-refractivity contribution < 1.29 is 35.8 Å². The Labute approximate surface area is 187 Å². The molecule has 0 aliphatic carbocycles. The van der Waals surface area contributed by atoms with Crippen molar-refractivity contribution in [3.63, 3.8) is 0 Å². The van der Waals surface area contributed by atoms with Gasteiger partial charge in [0.2, 0.25) is 15.9 Å². The van der Waals surface area contributed by atoms with Crippen molar-refractivity contribution in [1.82, 2.24) is 9.71 Å². The molecule has 1 aromatic carbocycles. The average Bonchev–Trinajstić information content (AvgIpc) is 2.70. The number of halogens is 4. The molecule has 13 heteroatoms. The number of nitriles is 1. The van der Waals surface area contributed by atoms with Crippen LogP contribution in [0.1, 0.15) is 17.5 Å². The summed E-state index contributed by atoms with van der Waals surface area (Å²) in [6.45, 7) is 0.420. The first kappa shape index (κ1) is 25.7. The molecule has 8 nitrogen and oxygen atoms in total. The SMILES string of the molecule is COCCOc1ccc(CS(=O)(=O)NCCC#N)c(Oc2ncc(C(F)(F)F)cc2Cl)c1. The van der Waals surface area contributed by atoms with Crippen molar-refractivity contribution in [3.8, 4) is 23.4 Å². The van der Waals surface area contributed by atoms with E-state index in [1.165, 1.54) is 25.3 Å². The van der Waals surface area contributed by atoms with E-state index in [4.69, 9.17) is 31.1 Å². The first-order valence-corrected chi connectivity index (χ1v) is 11.1. The molecule has 0 spiro atoms. The van der Waals surface area contributed by atoms with Crippen LogP contribution < -0.4 is 14.2 Å². The second kappa shape index (κ2) is 11.3. The molecular weight excluding hydrogens is 475 g/mol. The van der Waals surface area contributed by atoms with Crippen molar-refractivity contribution in [3.05, 3.63) is 46.6 Å². The second-order valence-electron chi connectivity index (χ2n) is 6.28. The fourth-order valence-electron chi connectivity index (χ4n) is 2.36. The zero-order valence-electron chi connectivity index (χ0n) is 16.8. The van der Waals surface area contributed by atoms with Crippen LogP contribution in [0.3, 0.4) is 0 Å². The number of ether oxygens (including phenoxy) is 3. The molecule has 0 fully saturated rings. The van der Waals surface area contributed by atoms with Crippen molar-refractivity contribution in [1.29, 1.82) is 5.26 Å².